The molecular weight excluding hydrogens is 320 g/mol. The van der Waals surface area contributed by atoms with E-state index < -0.39 is 55.0 Å². The Kier molecular flexibility index (Phi) is 9.58. The van der Waals surface area contributed by atoms with Crippen molar-refractivity contribution in [2.75, 3.05) is 13.2 Å². The number of rotatable bonds is 10. The maximum Gasteiger partial charge on any atom is 0.322 e. The van der Waals surface area contributed by atoms with E-state index in [1.165, 1.54) is 6.92 Å². The van der Waals surface area contributed by atoms with Crippen molar-refractivity contribution in [2.45, 2.75) is 45.3 Å². The lowest BCUT2D eigenvalue weighted by Crippen LogP contribution is -2.56. The second-order valence-corrected chi connectivity index (χ2v) is 5.82. The summed E-state index contributed by atoms with van der Waals surface area (Å²) in [4.78, 5) is 45.8. The third-order valence-electron chi connectivity index (χ3n) is 3.04. The minimum atomic E-state index is -1.32. The third kappa shape index (κ3) is 8.44. The molecule has 0 aliphatic carbocycles. The molecule has 0 aromatic carbocycles. The van der Waals surface area contributed by atoms with Gasteiger partial charge in [-0.1, -0.05) is 13.8 Å². The van der Waals surface area contributed by atoms with Crippen LogP contribution in [0, 0.1) is 5.92 Å². The van der Waals surface area contributed by atoms with Gasteiger partial charge in [0.1, 0.15) is 18.6 Å². The number of aliphatic carboxylic acids is 1. The number of aliphatic hydroxyl groups excluding tert-OH is 1. The predicted octanol–water partition coefficient (Wildman–Crippen LogP) is -2.46. The quantitative estimate of drug-likeness (QED) is 0.255. The molecule has 7 N–H and O–H groups in total. The summed E-state index contributed by atoms with van der Waals surface area (Å²) >= 11 is 0. The van der Waals surface area contributed by atoms with Gasteiger partial charge in [0.05, 0.1) is 12.6 Å². The number of hydrogen-bond acceptors (Lipinski definition) is 6. The van der Waals surface area contributed by atoms with Crippen molar-refractivity contribution < 1.29 is 29.4 Å². The first-order valence-corrected chi connectivity index (χ1v) is 7.55. The number of carboxylic acids is 1. The van der Waals surface area contributed by atoms with Crippen LogP contribution in [-0.4, -0.2) is 65.2 Å². The number of amides is 3. The molecule has 0 aromatic rings. The van der Waals surface area contributed by atoms with Crippen LogP contribution in [0.3, 0.4) is 0 Å². The van der Waals surface area contributed by atoms with E-state index in [0.29, 0.717) is 6.42 Å². The van der Waals surface area contributed by atoms with Crippen LogP contribution in [0.4, 0.5) is 0 Å². The molecule has 0 aliphatic heterocycles. The van der Waals surface area contributed by atoms with Gasteiger partial charge in [0.15, 0.2) is 0 Å². The van der Waals surface area contributed by atoms with Crippen LogP contribution >= 0.6 is 0 Å². The van der Waals surface area contributed by atoms with Crippen molar-refractivity contribution in [1.29, 1.82) is 0 Å². The molecule has 0 saturated carbocycles. The second-order valence-electron chi connectivity index (χ2n) is 5.82. The highest BCUT2D eigenvalue weighted by Crippen LogP contribution is 2.02. The Balaban J connectivity index is 4.52. The Bertz CT molecular complexity index is 468. The van der Waals surface area contributed by atoms with Gasteiger partial charge >= 0.3 is 5.97 Å². The van der Waals surface area contributed by atoms with Crippen molar-refractivity contribution in [3.63, 3.8) is 0 Å². The summed E-state index contributed by atoms with van der Waals surface area (Å²) in [6.07, 6.45) is 0.455. The van der Waals surface area contributed by atoms with Gasteiger partial charge in [0.25, 0.3) is 0 Å². The van der Waals surface area contributed by atoms with Crippen LogP contribution in [0.1, 0.15) is 27.2 Å². The highest BCUT2D eigenvalue weighted by Gasteiger charge is 2.25. The van der Waals surface area contributed by atoms with Crippen molar-refractivity contribution in [3.8, 4) is 0 Å². The first-order chi connectivity index (χ1) is 11.1. The summed E-state index contributed by atoms with van der Waals surface area (Å²) in [6, 6.07) is -3.05. The van der Waals surface area contributed by atoms with Crippen LogP contribution in [0.2, 0.25) is 0 Å². The van der Waals surface area contributed by atoms with Crippen LogP contribution in [0.5, 0.6) is 0 Å². The van der Waals surface area contributed by atoms with Gasteiger partial charge in [-0.25, -0.2) is 0 Å². The topological polar surface area (TPSA) is 171 Å². The fourth-order valence-electron chi connectivity index (χ4n) is 1.78. The SMILES string of the molecule is CC(C)CC(N)C(=O)NC(C)C(=O)NC(CO)C(=O)NCC(=O)O. The molecule has 10 nitrogen and oxygen atoms in total. The minimum absolute atomic E-state index is 0.214. The van der Waals surface area contributed by atoms with Crippen molar-refractivity contribution in [2.24, 2.45) is 11.7 Å². The number of nitrogens with one attached hydrogen (secondary N) is 3. The Morgan fingerprint density at radius 2 is 1.58 bits per heavy atom. The molecule has 3 unspecified atom stereocenters. The van der Waals surface area contributed by atoms with Crippen molar-refractivity contribution >= 4 is 23.7 Å². The lowest BCUT2D eigenvalue weighted by molar-refractivity contribution is -0.138. The molecule has 138 valence electrons. The molecule has 0 saturated heterocycles. The molecule has 3 atom stereocenters. The number of aliphatic hydroxyl groups is 1. The van der Waals surface area contributed by atoms with E-state index >= 15 is 0 Å². The Morgan fingerprint density at radius 3 is 2.04 bits per heavy atom. The average molecular weight is 346 g/mol. The molecule has 3 amide bonds. The van der Waals surface area contributed by atoms with Gasteiger partial charge in [-0.3, -0.25) is 19.2 Å². The Morgan fingerprint density at radius 1 is 1.00 bits per heavy atom. The highest BCUT2D eigenvalue weighted by molar-refractivity contribution is 5.93. The molecule has 0 aliphatic rings. The number of carboxylic acid groups (broad SMARTS) is 1. The lowest BCUT2D eigenvalue weighted by Gasteiger charge is -2.21. The fourth-order valence-corrected chi connectivity index (χ4v) is 1.78. The van der Waals surface area contributed by atoms with Gasteiger partial charge in [-0.15, -0.1) is 0 Å². The second kappa shape index (κ2) is 10.6. The summed E-state index contributed by atoms with van der Waals surface area (Å²) in [5.74, 6) is -3.09. The molecule has 0 bridgehead atoms. The Hall–Kier alpha value is -2.20. The van der Waals surface area contributed by atoms with Crippen LogP contribution in [-0.2, 0) is 19.2 Å². The van der Waals surface area contributed by atoms with Gasteiger partial charge in [-0.2, -0.15) is 0 Å². The zero-order valence-corrected chi connectivity index (χ0v) is 14.0. The van der Waals surface area contributed by atoms with Crippen molar-refractivity contribution in [1.82, 2.24) is 16.0 Å². The van der Waals surface area contributed by atoms with E-state index in [9.17, 15) is 19.2 Å². The normalized spacial score (nSPS) is 14.4. The molecule has 0 rings (SSSR count). The van der Waals surface area contributed by atoms with Gasteiger partial charge < -0.3 is 31.9 Å². The summed E-state index contributed by atoms with van der Waals surface area (Å²) in [7, 11) is 0. The van der Waals surface area contributed by atoms with E-state index in [1.54, 1.807) is 0 Å². The number of hydrogen-bond donors (Lipinski definition) is 6. The molecular formula is C14H26N4O6. The molecule has 0 aromatic heterocycles. The summed E-state index contributed by atoms with van der Waals surface area (Å²) < 4.78 is 0. The van der Waals surface area contributed by atoms with E-state index in [0.717, 1.165) is 0 Å². The third-order valence-corrected chi connectivity index (χ3v) is 3.04. The first kappa shape index (κ1) is 21.8. The number of carbonyl (C=O) groups excluding carboxylic acids is 3. The predicted molar refractivity (Wildman–Crippen MR) is 84.7 cm³/mol. The maximum atomic E-state index is 12.0. The van der Waals surface area contributed by atoms with E-state index in [-0.39, 0.29) is 5.92 Å². The first-order valence-electron chi connectivity index (χ1n) is 7.55. The van der Waals surface area contributed by atoms with E-state index in [2.05, 4.69) is 10.6 Å². The summed E-state index contributed by atoms with van der Waals surface area (Å²) in [6.45, 7) is 3.86. The Labute approximate surface area is 140 Å². The maximum absolute atomic E-state index is 12.0. The van der Waals surface area contributed by atoms with Crippen molar-refractivity contribution in [3.05, 3.63) is 0 Å². The van der Waals surface area contributed by atoms with Gasteiger partial charge in [-0.05, 0) is 19.3 Å². The smallest absolute Gasteiger partial charge is 0.322 e. The van der Waals surface area contributed by atoms with Crippen LogP contribution in [0.25, 0.3) is 0 Å². The van der Waals surface area contributed by atoms with Crippen LogP contribution in [0.15, 0.2) is 0 Å². The van der Waals surface area contributed by atoms with E-state index in [4.69, 9.17) is 15.9 Å². The largest absolute Gasteiger partial charge is 0.480 e. The van der Waals surface area contributed by atoms with Gasteiger partial charge in [0, 0.05) is 0 Å². The number of nitrogens with two attached hydrogens (primary N) is 1. The summed E-state index contributed by atoms with van der Waals surface area (Å²) in [5.41, 5.74) is 5.71. The van der Waals surface area contributed by atoms with Crippen LogP contribution < -0.4 is 21.7 Å². The van der Waals surface area contributed by atoms with E-state index in [1.807, 2.05) is 19.2 Å². The highest BCUT2D eigenvalue weighted by atomic mass is 16.4. The summed E-state index contributed by atoms with van der Waals surface area (Å²) in [5, 5.41) is 24.3. The zero-order valence-electron chi connectivity index (χ0n) is 14.0. The molecule has 24 heavy (non-hydrogen) atoms. The minimum Gasteiger partial charge on any atom is -0.480 e. The van der Waals surface area contributed by atoms with Gasteiger partial charge in [0.2, 0.25) is 17.7 Å². The molecule has 0 heterocycles. The zero-order chi connectivity index (χ0) is 18.9. The standard InChI is InChI=1S/C14H26N4O6/c1-7(2)4-9(15)13(23)17-8(3)12(22)18-10(6-19)14(24)16-5-11(20)21/h7-10,19H,4-6,15H2,1-3H3,(H,16,24)(H,17,23)(H,18,22)(H,20,21). The fraction of sp³-hybridized carbons (Fsp3) is 0.714. The molecule has 10 heteroatoms. The monoisotopic (exact) mass is 346 g/mol. The molecule has 0 spiro atoms. The molecule has 0 fully saturated rings. The number of carbonyl (C=O) groups is 4. The molecule has 0 radical (unpaired) electrons. The average Bonchev–Trinajstić information content (AvgIpc) is 2.48. The lowest BCUT2D eigenvalue weighted by atomic mass is 10.0.